The third-order valence-corrected chi connectivity index (χ3v) is 2.25. The average Bonchev–Trinajstić information content (AvgIpc) is 2.26. The lowest BCUT2D eigenvalue weighted by Crippen LogP contribution is -2.16. The van der Waals surface area contributed by atoms with Gasteiger partial charge in [-0.25, -0.2) is 13.8 Å². The summed E-state index contributed by atoms with van der Waals surface area (Å²) in [6.45, 7) is 1.35. The van der Waals surface area contributed by atoms with Crippen LogP contribution in [0.15, 0.2) is 6.07 Å². The zero-order chi connectivity index (χ0) is 15.5. The Balaban J connectivity index is 3.29. The van der Waals surface area contributed by atoms with Gasteiger partial charge in [-0.15, -0.1) is 0 Å². The molecule has 0 aliphatic heterocycles. The number of aromatic nitrogens is 1. The van der Waals surface area contributed by atoms with E-state index in [1.807, 2.05) is 0 Å². The van der Waals surface area contributed by atoms with Crippen molar-refractivity contribution in [2.45, 2.75) is 25.9 Å². The molecule has 3 nitrogen and oxygen atoms in total. The molecule has 0 bridgehead atoms. The van der Waals surface area contributed by atoms with Gasteiger partial charge in [0, 0.05) is 0 Å². The van der Waals surface area contributed by atoms with Crippen LogP contribution in [0, 0.1) is 5.95 Å². The van der Waals surface area contributed by atoms with E-state index >= 15 is 0 Å². The van der Waals surface area contributed by atoms with Crippen molar-refractivity contribution in [1.29, 1.82) is 0 Å². The molecule has 0 unspecified atom stereocenters. The normalized spacial score (nSPS) is 11.8. The van der Waals surface area contributed by atoms with Gasteiger partial charge in [-0.05, 0) is 18.6 Å². The van der Waals surface area contributed by atoms with E-state index in [1.54, 1.807) is 0 Å². The summed E-state index contributed by atoms with van der Waals surface area (Å²) in [6.07, 6.45) is -9.30. The predicted octanol–water partition coefficient (Wildman–Crippen LogP) is 3.28. The number of ether oxygens (including phenoxy) is 1. The van der Waals surface area contributed by atoms with Crippen molar-refractivity contribution in [3.8, 4) is 0 Å². The SMILES string of the molecule is CCOC(=O)Cc1cc(C(F)(F)F)nc(F)c1C(F)F. The third kappa shape index (κ3) is 3.84. The summed E-state index contributed by atoms with van der Waals surface area (Å²) < 4.78 is 80.3. The molecule has 0 N–H and O–H groups in total. The molecule has 9 heteroatoms. The van der Waals surface area contributed by atoms with Crippen molar-refractivity contribution in [2.75, 3.05) is 6.61 Å². The van der Waals surface area contributed by atoms with Gasteiger partial charge in [-0.2, -0.15) is 17.6 Å². The van der Waals surface area contributed by atoms with Crippen LogP contribution in [0.1, 0.15) is 30.2 Å². The minimum atomic E-state index is -5.01. The summed E-state index contributed by atoms with van der Waals surface area (Å²) in [5.74, 6) is -2.98. The molecule has 1 heterocycles. The van der Waals surface area contributed by atoms with Crippen LogP contribution >= 0.6 is 0 Å². The summed E-state index contributed by atoms with van der Waals surface area (Å²) in [5.41, 5.74) is -3.80. The molecule has 0 saturated carbocycles. The standard InChI is InChI=1S/C11H9F6NO2/c1-2-20-7(19)4-5-3-6(11(15,16)17)18-10(14)8(5)9(12)13/h3,9H,2,4H2,1H3. The highest BCUT2D eigenvalue weighted by Gasteiger charge is 2.35. The first-order valence-corrected chi connectivity index (χ1v) is 5.37. The molecule has 0 atom stereocenters. The second-order valence-corrected chi connectivity index (χ2v) is 3.65. The van der Waals surface area contributed by atoms with E-state index in [4.69, 9.17) is 0 Å². The summed E-state index contributed by atoms with van der Waals surface area (Å²) in [5, 5.41) is 0. The van der Waals surface area contributed by atoms with Crippen LogP contribution in [0.4, 0.5) is 26.3 Å². The first kappa shape index (κ1) is 16.3. The number of hydrogen-bond acceptors (Lipinski definition) is 3. The van der Waals surface area contributed by atoms with E-state index in [2.05, 4.69) is 9.72 Å². The predicted molar refractivity (Wildman–Crippen MR) is 54.5 cm³/mol. The van der Waals surface area contributed by atoms with Crippen LogP contribution in [-0.2, 0) is 22.1 Å². The van der Waals surface area contributed by atoms with Crippen LogP contribution in [0.3, 0.4) is 0 Å². The monoisotopic (exact) mass is 301 g/mol. The molecule has 0 fully saturated rings. The van der Waals surface area contributed by atoms with Crippen LogP contribution in [0.2, 0.25) is 0 Å². The summed E-state index contributed by atoms with van der Waals surface area (Å²) in [7, 11) is 0. The number of rotatable bonds is 4. The minimum Gasteiger partial charge on any atom is -0.466 e. The minimum absolute atomic E-state index is 0.0808. The molecule has 1 aromatic heterocycles. The average molecular weight is 301 g/mol. The molecule has 0 radical (unpaired) electrons. The second kappa shape index (κ2) is 6.10. The number of carbonyl (C=O) groups excluding carboxylic acids is 1. The summed E-state index contributed by atoms with van der Waals surface area (Å²) in [4.78, 5) is 13.6. The summed E-state index contributed by atoms with van der Waals surface area (Å²) in [6, 6.07) is 0.224. The Kier molecular flexibility index (Phi) is 4.96. The molecule has 0 aliphatic carbocycles. The van der Waals surface area contributed by atoms with E-state index < -0.39 is 47.8 Å². The van der Waals surface area contributed by atoms with Gasteiger partial charge in [0.1, 0.15) is 5.69 Å². The number of halogens is 6. The number of carbonyl (C=O) groups is 1. The molecule has 0 saturated heterocycles. The van der Waals surface area contributed by atoms with Crippen molar-refractivity contribution in [3.05, 3.63) is 28.8 Å². The van der Waals surface area contributed by atoms with E-state index in [0.717, 1.165) is 0 Å². The molecular formula is C11H9F6NO2. The third-order valence-electron chi connectivity index (χ3n) is 2.25. The Hall–Kier alpha value is -1.80. The van der Waals surface area contributed by atoms with Gasteiger partial charge in [-0.1, -0.05) is 0 Å². The largest absolute Gasteiger partial charge is 0.466 e. The highest BCUT2D eigenvalue weighted by Crippen LogP contribution is 2.33. The molecule has 0 spiro atoms. The van der Waals surface area contributed by atoms with Crippen molar-refractivity contribution in [2.24, 2.45) is 0 Å². The van der Waals surface area contributed by atoms with Crippen LogP contribution in [0.5, 0.6) is 0 Å². The quantitative estimate of drug-likeness (QED) is 0.487. The van der Waals surface area contributed by atoms with Crippen LogP contribution in [-0.4, -0.2) is 17.6 Å². The Morgan fingerprint density at radius 2 is 2.00 bits per heavy atom. The highest BCUT2D eigenvalue weighted by atomic mass is 19.4. The van der Waals surface area contributed by atoms with Crippen molar-refractivity contribution >= 4 is 5.97 Å². The van der Waals surface area contributed by atoms with Crippen LogP contribution < -0.4 is 0 Å². The van der Waals surface area contributed by atoms with E-state index in [0.29, 0.717) is 0 Å². The van der Waals surface area contributed by atoms with Crippen molar-refractivity contribution < 1.29 is 35.9 Å². The van der Waals surface area contributed by atoms with Gasteiger partial charge in [0.2, 0.25) is 5.95 Å². The second-order valence-electron chi connectivity index (χ2n) is 3.65. The Morgan fingerprint density at radius 1 is 1.40 bits per heavy atom. The summed E-state index contributed by atoms with van der Waals surface area (Å²) >= 11 is 0. The molecule has 112 valence electrons. The first-order valence-electron chi connectivity index (χ1n) is 5.37. The van der Waals surface area contributed by atoms with E-state index in [9.17, 15) is 31.1 Å². The van der Waals surface area contributed by atoms with E-state index in [1.165, 1.54) is 6.92 Å². The van der Waals surface area contributed by atoms with Crippen LogP contribution in [0.25, 0.3) is 0 Å². The molecule has 1 rings (SSSR count). The lowest BCUT2D eigenvalue weighted by Gasteiger charge is -2.13. The van der Waals surface area contributed by atoms with Crippen molar-refractivity contribution in [3.63, 3.8) is 0 Å². The molecule has 20 heavy (non-hydrogen) atoms. The molecule has 0 aliphatic rings. The number of hydrogen-bond donors (Lipinski definition) is 0. The number of alkyl halides is 5. The maximum Gasteiger partial charge on any atom is 0.433 e. The smallest absolute Gasteiger partial charge is 0.433 e. The number of pyridine rings is 1. The van der Waals surface area contributed by atoms with E-state index in [-0.39, 0.29) is 12.7 Å². The Bertz CT molecular complexity index is 500. The van der Waals surface area contributed by atoms with Gasteiger partial charge in [0.15, 0.2) is 0 Å². The zero-order valence-electron chi connectivity index (χ0n) is 10.1. The lowest BCUT2D eigenvalue weighted by molar-refractivity contribution is -0.143. The fourth-order valence-electron chi connectivity index (χ4n) is 1.46. The topological polar surface area (TPSA) is 39.2 Å². The molecule has 0 amide bonds. The molecule has 1 aromatic rings. The number of esters is 1. The molecular weight excluding hydrogens is 292 g/mol. The van der Waals surface area contributed by atoms with Gasteiger partial charge in [-0.3, -0.25) is 4.79 Å². The fraction of sp³-hybridized carbons (Fsp3) is 0.455. The number of nitrogens with zero attached hydrogens (tertiary/aromatic N) is 1. The highest BCUT2D eigenvalue weighted by molar-refractivity contribution is 5.73. The Morgan fingerprint density at radius 3 is 2.45 bits per heavy atom. The fourth-order valence-corrected chi connectivity index (χ4v) is 1.46. The Labute approximate surface area is 109 Å². The first-order chi connectivity index (χ1) is 9.16. The van der Waals surface area contributed by atoms with Gasteiger partial charge < -0.3 is 4.74 Å². The lowest BCUT2D eigenvalue weighted by atomic mass is 10.1. The van der Waals surface area contributed by atoms with Gasteiger partial charge >= 0.3 is 12.1 Å². The maximum absolute atomic E-state index is 13.3. The van der Waals surface area contributed by atoms with Gasteiger partial charge in [0.05, 0.1) is 18.6 Å². The molecule has 0 aromatic carbocycles. The zero-order valence-corrected chi connectivity index (χ0v) is 10.1. The maximum atomic E-state index is 13.3. The van der Waals surface area contributed by atoms with Gasteiger partial charge in [0.25, 0.3) is 6.43 Å². The van der Waals surface area contributed by atoms with Crippen molar-refractivity contribution in [1.82, 2.24) is 4.98 Å².